The Morgan fingerprint density at radius 3 is 2.33 bits per heavy atom. The highest BCUT2D eigenvalue weighted by Gasteiger charge is 1.99. The van der Waals surface area contributed by atoms with Crippen LogP contribution < -0.4 is 0 Å². The highest BCUT2D eigenvalue weighted by atomic mass is 16.1. The lowest BCUT2D eigenvalue weighted by Crippen LogP contribution is -2.01. The van der Waals surface area contributed by atoms with Gasteiger partial charge in [0.2, 0.25) is 0 Å². The fourth-order valence-electron chi connectivity index (χ4n) is 0.327. The van der Waals surface area contributed by atoms with Crippen LogP contribution in [0.4, 0.5) is 0 Å². The van der Waals surface area contributed by atoms with Gasteiger partial charge in [-0.2, -0.15) is 0 Å². The molecule has 0 saturated heterocycles. The molecule has 0 aliphatic carbocycles. The van der Waals surface area contributed by atoms with E-state index >= 15 is 0 Å². The van der Waals surface area contributed by atoms with Crippen molar-refractivity contribution < 1.29 is 9.59 Å². The number of ketones is 1. The Bertz CT molecular complexity index is 134. The summed E-state index contributed by atoms with van der Waals surface area (Å²) in [7, 11) is 0. The Labute approximate surface area is 54.6 Å². The van der Waals surface area contributed by atoms with Gasteiger partial charge >= 0.3 is 0 Å². The minimum atomic E-state index is -0.0128. The summed E-state index contributed by atoms with van der Waals surface area (Å²) in [5.41, 5.74) is 0. The molecule has 0 saturated carbocycles. The van der Waals surface area contributed by atoms with Crippen molar-refractivity contribution in [2.75, 3.05) is 0 Å². The van der Waals surface area contributed by atoms with E-state index in [-0.39, 0.29) is 11.7 Å². The van der Waals surface area contributed by atoms with Crippen molar-refractivity contribution in [3.63, 3.8) is 0 Å². The maximum absolute atomic E-state index is 10.7. The molecule has 50 valence electrons. The predicted molar refractivity (Wildman–Crippen MR) is 35.0 cm³/mol. The van der Waals surface area contributed by atoms with Gasteiger partial charge in [0.1, 0.15) is 6.29 Å². The van der Waals surface area contributed by atoms with Crippen LogP contribution in [0, 0.1) is 5.92 Å². The van der Waals surface area contributed by atoms with Gasteiger partial charge in [-0.1, -0.05) is 13.8 Å². The second-order valence-corrected chi connectivity index (χ2v) is 2.05. The second-order valence-electron chi connectivity index (χ2n) is 2.05. The third-order valence-electron chi connectivity index (χ3n) is 0.908. The normalized spacial score (nSPS) is 10.6. The van der Waals surface area contributed by atoms with Gasteiger partial charge < -0.3 is 0 Å². The van der Waals surface area contributed by atoms with Crippen LogP contribution in [0.5, 0.6) is 0 Å². The maximum Gasteiger partial charge on any atom is 0.158 e. The zero-order valence-electron chi connectivity index (χ0n) is 5.63. The van der Waals surface area contributed by atoms with Crippen molar-refractivity contribution in [2.24, 2.45) is 5.92 Å². The molecule has 0 N–H and O–H groups in total. The van der Waals surface area contributed by atoms with Gasteiger partial charge in [0.05, 0.1) is 0 Å². The lowest BCUT2D eigenvalue weighted by atomic mass is 10.1. The van der Waals surface area contributed by atoms with E-state index < -0.39 is 0 Å². The van der Waals surface area contributed by atoms with E-state index in [1.54, 1.807) is 13.8 Å². The Morgan fingerprint density at radius 2 is 2.00 bits per heavy atom. The average Bonchev–Trinajstić information content (AvgIpc) is 1.82. The van der Waals surface area contributed by atoms with Crippen LogP contribution in [0.25, 0.3) is 0 Å². The molecule has 0 aliphatic rings. The van der Waals surface area contributed by atoms with Gasteiger partial charge in [0.15, 0.2) is 5.78 Å². The third-order valence-corrected chi connectivity index (χ3v) is 0.908. The lowest BCUT2D eigenvalue weighted by Gasteiger charge is -1.93. The minimum Gasteiger partial charge on any atom is -0.299 e. The smallest absolute Gasteiger partial charge is 0.158 e. The second kappa shape index (κ2) is 4.01. The largest absolute Gasteiger partial charge is 0.299 e. The quantitative estimate of drug-likeness (QED) is 0.417. The van der Waals surface area contributed by atoms with E-state index in [1.807, 2.05) is 0 Å². The first-order valence-electron chi connectivity index (χ1n) is 2.84. The lowest BCUT2D eigenvalue weighted by molar-refractivity contribution is -0.117. The molecule has 0 aromatic carbocycles. The number of aldehydes is 1. The van der Waals surface area contributed by atoms with Crippen LogP contribution in [-0.4, -0.2) is 12.1 Å². The van der Waals surface area contributed by atoms with E-state index in [9.17, 15) is 9.59 Å². The molecule has 2 heteroatoms. The molecule has 0 spiro atoms. The summed E-state index contributed by atoms with van der Waals surface area (Å²) < 4.78 is 0. The number of hydrogen-bond acceptors (Lipinski definition) is 2. The standard InChI is InChI=1S/C7H10O2/c1-6(2)7(9)4-3-5-8/h3-6H,1-2H3/b4-3+. The molecule has 0 atom stereocenters. The van der Waals surface area contributed by atoms with Crippen molar-refractivity contribution >= 4 is 12.1 Å². The van der Waals surface area contributed by atoms with Crippen molar-refractivity contribution in [2.45, 2.75) is 13.8 Å². The molecular weight excluding hydrogens is 116 g/mol. The highest BCUT2D eigenvalue weighted by Crippen LogP contribution is 1.93. The van der Waals surface area contributed by atoms with Gasteiger partial charge in [-0.25, -0.2) is 0 Å². The fraction of sp³-hybridized carbons (Fsp3) is 0.429. The van der Waals surface area contributed by atoms with E-state index in [1.165, 1.54) is 12.2 Å². The number of carbonyl (C=O) groups excluding carboxylic acids is 2. The van der Waals surface area contributed by atoms with Crippen molar-refractivity contribution in [1.82, 2.24) is 0 Å². The molecule has 0 aromatic heterocycles. The zero-order valence-corrected chi connectivity index (χ0v) is 5.63. The van der Waals surface area contributed by atoms with Gasteiger partial charge in [-0.3, -0.25) is 9.59 Å². The topological polar surface area (TPSA) is 34.1 Å². The molecule has 2 nitrogen and oxygen atoms in total. The minimum absolute atomic E-state index is 0.0119. The first kappa shape index (κ1) is 8.08. The Kier molecular flexibility index (Phi) is 3.60. The van der Waals surface area contributed by atoms with Gasteiger partial charge in [0.25, 0.3) is 0 Å². The maximum atomic E-state index is 10.7. The van der Waals surface area contributed by atoms with Crippen molar-refractivity contribution in [3.8, 4) is 0 Å². The monoisotopic (exact) mass is 126 g/mol. The SMILES string of the molecule is CC(C)C(=O)/C=C/C=O. The Hall–Kier alpha value is -0.920. The summed E-state index contributed by atoms with van der Waals surface area (Å²) in [4.78, 5) is 20.3. The molecule has 0 heterocycles. The Morgan fingerprint density at radius 1 is 1.44 bits per heavy atom. The Balaban J connectivity index is 3.76. The van der Waals surface area contributed by atoms with Crippen LogP contribution in [0.15, 0.2) is 12.2 Å². The molecule has 0 fully saturated rings. The number of hydrogen-bond donors (Lipinski definition) is 0. The first-order chi connectivity index (χ1) is 4.18. The zero-order chi connectivity index (χ0) is 7.28. The number of allylic oxidation sites excluding steroid dienone is 2. The number of rotatable bonds is 3. The number of carbonyl (C=O) groups is 2. The van der Waals surface area contributed by atoms with Crippen LogP contribution in [0.3, 0.4) is 0 Å². The third kappa shape index (κ3) is 3.64. The molecule has 0 radical (unpaired) electrons. The van der Waals surface area contributed by atoms with Crippen LogP contribution >= 0.6 is 0 Å². The molecule has 0 aromatic rings. The van der Waals surface area contributed by atoms with E-state index in [4.69, 9.17) is 0 Å². The summed E-state index contributed by atoms with van der Waals surface area (Å²) >= 11 is 0. The summed E-state index contributed by atoms with van der Waals surface area (Å²) in [6.45, 7) is 3.58. The summed E-state index contributed by atoms with van der Waals surface area (Å²) in [6.07, 6.45) is 3.10. The van der Waals surface area contributed by atoms with Crippen LogP contribution in [0.1, 0.15) is 13.8 Å². The van der Waals surface area contributed by atoms with Gasteiger partial charge in [0, 0.05) is 5.92 Å². The summed E-state index contributed by atoms with van der Waals surface area (Å²) in [5, 5.41) is 0. The molecule has 0 aliphatic heterocycles. The van der Waals surface area contributed by atoms with Gasteiger partial charge in [-0.15, -0.1) is 0 Å². The molecule has 0 bridgehead atoms. The fourth-order valence-corrected chi connectivity index (χ4v) is 0.327. The molecule has 9 heavy (non-hydrogen) atoms. The average molecular weight is 126 g/mol. The summed E-state index contributed by atoms with van der Waals surface area (Å²) in [6, 6.07) is 0. The first-order valence-corrected chi connectivity index (χ1v) is 2.84. The highest BCUT2D eigenvalue weighted by molar-refractivity contribution is 5.93. The molecular formula is C7H10O2. The molecule has 0 unspecified atom stereocenters. The van der Waals surface area contributed by atoms with Gasteiger partial charge in [-0.05, 0) is 12.2 Å². The summed E-state index contributed by atoms with van der Waals surface area (Å²) in [5.74, 6) is -0.0247. The van der Waals surface area contributed by atoms with E-state index in [0.29, 0.717) is 6.29 Å². The molecule has 0 rings (SSSR count). The van der Waals surface area contributed by atoms with Crippen molar-refractivity contribution in [3.05, 3.63) is 12.2 Å². The van der Waals surface area contributed by atoms with Crippen LogP contribution in [-0.2, 0) is 9.59 Å². The van der Waals surface area contributed by atoms with E-state index in [0.717, 1.165) is 0 Å². The van der Waals surface area contributed by atoms with Crippen LogP contribution in [0.2, 0.25) is 0 Å². The predicted octanol–water partition coefficient (Wildman–Crippen LogP) is 0.967. The molecule has 0 amide bonds. The van der Waals surface area contributed by atoms with E-state index in [2.05, 4.69) is 0 Å². The van der Waals surface area contributed by atoms with Crippen molar-refractivity contribution in [1.29, 1.82) is 0 Å².